The van der Waals surface area contributed by atoms with E-state index in [4.69, 9.17) is 5.11 Å². The number of hydrogen-bond acceptors (Lipinski definition) is 3. The summed E-state index contributed by atoms with van der Waals surface area (Å²) in [7, 11) is 0. The molecule has 0 aliphatic rings. The second kappa shape index (κ2) is 6.58. The first-order valence-corrected chi connectivity index (χ1v) is 5.62. The first-order valence-electron chi connectivity index (χ1n) is 5.62. The molecule has 4 heteroatoms. The van der Waals surface area contributed by atoms with Gasteiger partial charge in [0.1, 0.15) is 0 Å². The molecule has 0 aliphatic heterocycles. The summed E-state index contributed by atoms with van der Waals surface area (Å²) in [6.45, 7) is 7.21. The second-order valence-electron chi connectivity index (χ2n) is 3.70. The first-order chi connectivity index (χ1) is 7.29. The van der Waals surface area contributed by atoms with Crippen molar-refractivity contribution in [3.63, 3.8) is 0 Å². The van der Waals surface area contributed by atoms with E-state index in [1.54, 1.807) is 0 Å². The number of aliphatic hydroxyl groups is 1. The van der Waals surface area contributed by atoms with Crippen molar-refractivity contribution in [2.75, 3.05) is 13.2 Å². The summed E-state index contributed by atoms with van der Waals surface area (Å²) in [6, 6.07) is 0. The summed E-state index contributed by atoms with van der Waals surface area (Å²) in [4.78, 5) is 0. The highest BCUT2D eigenvalue weighted by Gasteiger charge is 2.04. The molecule has 1 aromatic heterocycles. The number of aryl methyl sites for hydroxylation is 2. The van der Waals surface area contributed by atoms with Crippen LogP contribution in [0.15, 0.2) is 6.20 Å². The van der Waals surface area contributed by atoms with Gasteiger partial charge in [0.05, 0.1) is 11.9 Å². The van der Waals surface area contributed by atoms with Crippen molar-refractivity contribution < 1.29 is 5.11 Å². The largest absolute Gasteiger partial charge is 0.396 e. The summed E-state index contributed by atoms with van der Waals surface area (Å²) >= 11 is 0. The van der Waals surface area contributed by atoms with E-state index in [9.17, 15) is 0 Å². The molecule has 4 nitrogen and oxygen atoms in total. The van der Waals surface area contributed by atoms with Crippen LogP contribution in [-0.4, -0.2) is 28.0 Å². The zero-order valence-corrected chi connectivity index (χ0v) is 9.66. The van der Waals surface area contributed by atoms with Gasteiger partial charge in [0.2, 0.25) is 0 Å². The molecule has 1 heterocycles. The molecule has 0 unspecified atom stereocenters. The maximum absolute atomic E-state index is 8.63. The highest BCUT2D eigenvalue weighted by atomic mass is 16.2. The Bertz CT molecular complexity index is 283. The zero-order valence-electron chi connectivity index (χ0n) is 9.66. The van der Waals surface area contributed by atoms with Crippen molar-refractivity contribution in [3.8, 4) is 0 Å². The third-order valence-electron chi connectivity index (χ3n) is 2.51. The van der Waals surface area contributed by atoms with Crippen LogP contribution in [0.25, 0.3) is 0 Å². The van der Waals surface area contributed by atoms with Crippen LogP contribution in [0.1, 0.15) is 31.0 Å². The number of hydrogen-bond donors (Lipinski definition) is 2. The topological polar surface area (TPSA) is 50.1 Å². The lowest BCUT2D eigenvalue weighted by Gasteiger charge is -2.07. The fourth-order valence-corrected chi connectivity index (χ4v) is 1.58. The molecule has 0 aliphatic carbocycles. The average Bonchev–Trinajstić information content (AvgIpc) is 2.60. The zero-order chi connectivity index (χ0) is 11.1. The monoisotopic (exact) mass is 211 g/mol. The lowest BCUT2D eigenvalue weighted by molar-refractivity contribution is 0.283. The van der Waals surface area contributed by atoms with Gasteiger partial charge in [0.15, 0.2) is 0 Å². The molecule has 0 saturated heterocycles. The minimum absolute atomic E-state index is 0.285. The summed E-state index contributed by atoms with van der Waals surface area (Å²) in [6.07, 6.45) is 3.81. The molecule has 0 aromatic carbocycles. The Hall–Kier alpha value is -0.870. The Balaban J connectivity index is 2.33. The van der Waals surface area contributed by atoms with Gasteiger partial charge in [0, 0.05) is 19.7 Å². The van der Waals surface area contributed by atoms with E-state index < -0.39 is 0 Å². The minimum atomic E-state index is 0.285. The molecule has 0 bridgehead atoms. The Labute approximate surface area is 91.3 Å². The number of aromatic nitrogens is 2. The molecule has 0 amide bonds. The smallest absolute Gasteiger partial charge is 0.0551 e. The van der Waals surface area contributed by atoms with Crippen molar-refractivity contribution >= 4 is 0 Å². The summed E-state index contributed by atoms with van der Waals surface area (Å²) < 4.78 is 2.02. The minimum Gasteiger partial charge on any atom is -0.396 e. The Morgan fingerprint density at radius 1 is 1.47 bits per heavy atom. The highest BCUT2D eigenvalue weighted by molar-refractivity contribution is 5.15. The fraction of sp³-hybridized carbons (Fsp3) is 0.727. The second-order valence-corrected chi connectivity index (χ2v) is 3.70. The number of unbranched alkanes of at least 4 members (excludes halogenated alkanes) is 1. The molecular formula is C11H21N3O. The maximum atomic E-state index is 8.63. The third kappa shape index (κ3) is 3.64. The number of nitrogens with zero attached hydrogens (tertiary/aromatic N) is 2. The molecule has 0 atom stereocenters. The predicted octanol–water partition coefficient (Wildman–Crippen LogP) is 1.07. The number of aliphatic hydroxyl groups excluding tert-OH is 1. The van der Waals surface area contributed by atoms with E-state index in [2.05, 4.69) is 24.3 Å². The van der Waals surface area contributed by atoms with Crippen molar-refractivity contribution in [3.05, 3.63) is 17.5 Å². The normalized spacial score (nSPS) is 10.9. The van der Waals surface area contributed by atoms with Crippen molar-refractivity contribution in [2.24, 2.45) is 0 Å². The van der Waals surface area contributed by atoms with E-state index in [1.807, 2.05) is 10.9 Å². The first kappa shape index (κ1) is 12.2. The van der Waals surface area contributed by atoms with Gasteiger partial charge in [-0.25, -0.2) is 0 Å². The summed E-state index contributed by atoms with van der Waals surface area (Å²) in [5.41, 5.74) is 2.51. The van der Waals surface area contributed by atoms with E-state index in [0.29, 0.717) is 0 Å². The Morgan fingerprint density at radius 2 is 2.27 bits per heavy atom. The van der Waals surface area contributed by atoms with Crippen molar-refractivity contribution in [1.29, 1.82) is 0 Å². The average molecular weight is 211 g/mol. The van der Waals surface area contributed by atoms with Crippen LogP contribution in [0.4, 0.5) is 0 Å². The van der Waals surface area contributed by atoms with Gasteiger partial charge < -0.3 is 10.4 Å². The molecule has 0 fully saturated rings. The fourth-order valence-electron chi connectivity index (χ4n) is 1.58. The lowest BCUT2D eigenvalue weighted by atomic mass is 10.2. The van der Waals surface area contributed by atoms with Gasteiger partial charge in [-0.2, -0.15) is 5.10 Å². The SMILES string of the molecule is CCn1ncc(C)c1CNCCCCO. The lowest BCUT2D eigenvalue weighted by Crippen LogP contribution is -2.18. The Kier molecular flexibility index (Phi) is 5.36. The van der Waals surface area contributed by atoms with Gasteiger partial charge in [0.25, 0.3) is 0 Å². The molecule has 0 saturated carbocycles. The molecular weight excluding hydrogens is 190 g/mol. The maximum Gasteiger partial charge on any atom is 0.0551 e. The standard InChI is InChI=1S/C11H21N3O/c1-3-14-11(10(2)8-13-14)9-12-6-4-5-7-15/h8,12,15H,3-7,9H2,1-2H3. The van der Waals surface area contributed by atoms with Gasteiger partial charge in [-0.3, -0.25) is 4.68 Å². The molecule has 1 rings (SSSR count). The molecule has 1 aromatic rings. The summed E-state index contributed by atoms with van der Waals surface area (Å²) in [5.74, 6) is 0. The van der Waals surface area contributed by atoms with Crippen LogP contribution >= 0.6 is 0 Å². The van der Waals surface area contributed by atoms with Gasteiger partial charge in [-0.1, -0.05) is 0 Å². The van der Waals surface area contributed by atoms with E-state index in [0.717, 1.165) is 32.5 Å². The van der Waals surface area contributed by atoms with E-state index in [1.165, 1.54) is 11.3 Å². The molecule has 0 spiro atoms. The van der Waals surface area contributed by atoms with Crippen LogP contribution < -0.4 is 5.32 Å². The van der Waals surface area contributed by atoms with Crippen LogP contribution in [0.3, 0.4) is 0 Å². The Morgan fingerprint density at radius 3 is 2.93 bits per heavy atom. The van der Waals surface area contributed by atoms with Crippen LogP contribution in [0.5, 0.6) is 0 Å². The number of rotatable bonds is 7. The summed E-state index contributed by atoms with van der Waals surface area (Å²) in [5, 5.41) is 16.3. The predicted molar refractivity (Wildman–Crippen MR) is 60.7 cm³/mol. The van der Waals surface area contributed by atoms with Crippen molar-refractivity contribution in [1.82, 2.24) is 15.1 Å². The van der Waals surface area contributed by atoms with Crippen LogP contribution in [-0.2, 0) is 13.1 Å². The van der Waals surface area contributed by atoms with Gasteiger partial charge >= 0.3 is 0 Å². The molecule has 15 heavy (non-hydrogen) atoms. The van der Waals surface area contributed by atoms with Crippen LogP contribution in [0.2, 0.25) is 0 Å². The van der Waals surface area contributed by atoms with E-state index >= 15 is 0 Å². The third-order valence-corrected chi connectivity index (χ3v) is 2.51. The number of nitrogens with one attached hydrogen (secondary N) is 1. The van der Waals surface area contributed by atoms with Gasteiger partial charge in [-0.15, -0.1) is 0 Å². The highest BCUT2D eigenvalue weighted by Crippen LogP contribution is 2.06. The van der Waals surface area contributed by atoms with Crippen molar-refractivity contribution in [2.45, 2.75) is 39.8 Å². The van der Waals surface area contributed by atoms with Crippen LogP contribution in [0, 0.1) is 6.92 Å². The molecule has 0 radical (unpaired) electrons. The van der Waals surface area contributed by atoms with E-state index in [-0.39, 0.29) is 6.61 Å². The molecule has 2 N–H and O–H groups in total. The quantitative estimate of drug-likeness (QED) is 0.663. The van der Waals surface area contributed by atoms with Gasteiger partial charge in [-0.05, 0) is 38.8 Å². The molecule has 86 valence electrons.